The van der Waals surface area contributed by atoms with Crippen molar-refractivity contribution in [3.63, 3.8) is 0 Å². The smallest absolute Gasteiger partial charge is 0.0145 e. The SMILES string of the molecule is CN[C@H]1[C@@H]2C[C@H]1CN(C)C2. The molecule has 2 aliphatic heterocycles. The average molecular weight is 140 g/mol. The second-order valence-electron chi connectivity index (χ2n) is 3.79. The van der Waals surface area contributed by atoms with Crippen LogP contribution in [0.1, 0.15) is 6.42 Å². The van der Waals surface area contributed by atoms with Gasteiger partial charge in [-0.05, 0) is 32.4 Å². The fraction of sp³-hybridized carbons (Fsp3) is 1.00. The molecule has 3 atom stereocenters. The minimum absolute atomic E-state index is 0.844. The highest BCUT2D eigenvalue weighted by Crippen LogP contribution is 2.38. The summed E-state index contributed by atoms with van der Waals surface area (Å²) in [7, 11) is 4.32. The van der Waals surface area contributed by atoms with Crippen LogP contribution >= 0.6 is 0 Å². The number of hydrogen-bond acceptors (Lipinski definition) is 2. The van der Waals surface area contributed by atoms with Gasteiger partial charge in [0.1, 0.15) is 0 Å². The summed E-state index contributed by atoms with van der Waals surface area (Å²) in [5, 5.41) is 3.40. The molecule has 0 aromatic carbocycles. The van der Waals surface area contributed by atoms with Gasteiger partial charge in [0.15, 0.2) is 0 Å². The molecule has 0 aromatic heterocycles. The lowest BCUT2D eigenvalue weighted by atomic mass is 9.66. The molecule has 1 aliphatic carbocycles. The molecule has 2 heterocycles. The summed E-state index contributed by atoms with van der Waals surface area (Å²) in [4.78, 5) is 2.45. The summed E-state index contributed by atoms with van der Waals surface area (Å²) in [6.45, 7) is 2.62. The van der Waals surface area contributed by atoms with Crippen LogP contribution in [0.25, 0.3) is 0 Å². The van der Waals surface area contributed by atoms with E-state index in [1.165, 1.54) is 19.5 Å². The summed E-state index contributed by atoms with van der Waals surface area (Å²) >= 11 is 0. The van der Waals surface area contributed by atoms with Gasteiger partial charge >= 0.3 is 0 Å². The van der Waals surface area contributed by atoms with Crippen molar-refractivity contribution in [1.29, 1.82) is 0 Å². The Bertz CT molecular complexity index is 123. The maximum absolute atomic E-state index is 3.40. The zero-order valence-corrected chi connectivity index (χ0v) is 6.80. The van der Waals surface area contributed by atoms with Crippen molar-refractivity contribution in [1.82, 2.24) is 10.2 Å². The Morgan fingerprint density at radius 1 is 1.30 bits per heavy atom. The molecule has 10 heavy (non-hydrogen) atoms. The predicted molar refractivity (Wildman–Crippen MR) is 41.9 cm³/mol. The number of fused-ring (bicyclic) bond motifs is 2. The van der Waals surface area contributed by atoms with Crippen LogP contribution < -0.4 is 5.32 Å². The molecule has 2 bridgehead atoms. The molecule has 0 amide bonds. The maximum atomic E-state index is 3.40. The van der Waals surface area contributed by atoms with Crippen molar-refractivity contribution in [3.8, 4) is 0 Å². The lowest BCUT2D eigenvalue weighted by molar-refractivity contribution is 0.00160. The van der Waals surface area contributed by atoms with Crippen LogP contribution in [-0.2, 0) is 0 Å². The molecule has 0 unspecified atom stereocenters. The third-order valence-corrected chi connectivity index (χ3v) is 3.05. The van der Waals surface area contributed by atoms with Gasteiger partial charge < -0.3 is 10.2 Å². The summed E-state index contributed by atoms with van der Waals surface area (Å²) in [6.07, 6.45) is 1.47. The Kier molecular flexibility index (Phi) is 1.46. The van der Waals surface area contributed by atoms with Crippen molar-refractivity contribution in [2.45, 2.75) is 12.5 Å². The monoisotopic (exact) mass is 140 g/mol. The zero-order chi connectivity index (χ0) is 7.14. The molecule has 1 N–H and O–H groups in total. The van der Waals surface area contributed by atoms with E-state index in [9.17, 15) is 0 Å². The van der Waals surface area contributed by atoms with Crippen LogP contribution in [-0.4, -0.2) is 38.1 Å². The lowest BCUT2D eigenvalue weighted by Gasteiger charge is -2.52. The Balaban J connectivity index is 1.96. The van der Waals surface area contributed by atoms with E-state index in [0.29, 0.717) is 0 Å². The standard InChI is InChI=1S/C8H16N2/c1-9-8-6-3-7(8)5-10(2)4-6/h6-9H,3-5H2,1-2H3/t6-,7+,8+. The van der Waals surface area contributed by atoms with Crippen molar-refractivity contribution in [2.75, 3.05) is 27.2 Å². The van der Waals surface area contributed by atoms with Gasteiger partial charge in [-0.2, -0.15) is 0 Å². The van der Waals surface area contributed by atoms with Gasteiger partial charge in [0, 0.05) is 19.1 Å². The molecule has 1 saturated carbocycles. The van der Waals surface area contributed by atoms with E-state index < -0.39 is 0 Å². The molecule has 0 spiro atoms. The Hall–Kier alpha value is -0.0800. The summed E-state index contributed by atoms with van der Waals surface area (Å²) < 4.78 is 0. The third-order valence-electron chi connectivity index (χ3n) is 3.05. The van der Waals surface area contributed by atoms with Crippen molar-refractivity contribution >= 4 is 0 Å². The minimum Gasteiger partial charge on any atom is -0.316 e. The molecular formula is C8H16N2. The van der Waals surface area contributed by atoms with Crippen LogP contribution in [0.3, 0.4) is 0 Å². The minimum atomic E-state index is 0.844. The van der Waals surface area contributed by atoms with Crippen LogP contribution in [0.15, 0.2) is 0 Å². The number of nitrogens with zero attached hydrogens (tertiary/aromatic N) is 1. The lowest BCUT2D eigenvalue weighted by Crippen LogP contribution is -2.61. The van der Waals surface area contributed by atoms with Crippen molar-refractivity contribution in [3.05, 3.63) is 0 Å². The number of rotatable bonds is 1. The molecule has 2 heteroatoms. The van der Waals surface area contributed by atoms with Gasteiger partial charge in [0.2, 0.25) is 0 Å². The van der Waals surface area contributed by atoms with Crippen LogP contribution in [0.4, 0.5) is 0 Å². The molecular weight excluding hydrogens is 124 g/mol. The van der Waals surface area contributed by atoms with E-state index in [2.05, 4.69) is 24.3 Å². The number of nitrogens with one attached hydrogen (secondary N) is 1. The van der Waals surface area contributed by atoms with Gasteiger partial charge in [-0.25, -0.2) is 0 Å². The Labute approximate surface area is 62.6 Å². The van der Waals surface area contributed by atoms with Gasteiger partial charge in [0.05, 0.1) is 0 Å². The first-order chi connectivity index (χ1) is 4.81. The molecule has 3 fully saturated rings. The van der Waals surface area contributed by atoms with E-state index in [4.69, 9.17) is 0 Å². The van der Waals surface area contributed by atoms with E-state index in [1.807, 2.05) is 0 Å². The van der Waals surface area contributed by atoms with E-state index in [0.717, 1.165) is 17.9 Å². The molecule has 0 aromatic rings. The van der Waals surface area contributed by atoms with Gasteiger partial charge in [-0.1, -0.05) is 0 Å². The summed E-state index contributed by atoms with van der Waals surface area (Å²) in [6, 6.07) is 0.844. The third kappa shape index (κ3) is 0.789. The Morgan fingerprint density at radius 2 is 1.90 bits per heavy atom. The van der Waals surface area contributed by atoms with E-state index in [1.54, 1.807) is 0 Å². The first-order valence-corrected chi connectivity index (χ1v) is 4.17. The first kappa shape index (κ1) is 6.62. The van der Waals surface area contributed by atoms with E-state index in [-0.39, 0.29) is 0 Å². The quantitative estimate of drug-likeness (QED) is 0.558. The van der Waals surface area contributed by atoms with Gasteiger partial charge in [0.25, 0.3) is 0 Å². The predicted octanol–water partition coefficient (Wildman–Crippen LogP) is 0.156. The topological polar surface area (TPSA) is 15.3 Å². The first-order valence-electron chi connectivity index (χ1n) is 4.17. The molecule has 3 aliphatic rings. The highest BCUT2D eigenvalue weighted by atomic mass is 15.1. The molecule has 2 saturated heterocycles. The van der Waals surface area contributed by atoms with Crippen molar-refractivity contribution < 1.29 is 0 Å². The number of piperidine rings is 2. The van der Waals surface area contributed by atoms with Gasteiger partial charge in [-0.3, -0.25) is 0 Å². The highest BCUT2D eigenvalue weighted by Gasteiger charge is 2.44. The molecule has 2 nitrogen and oxygen atoms in total. The molecule has 0 radical (unpaired) electrons. The fourth-order valence-electron chi connectivity index (χ4n) is 2.59. The summed E-state index contributed by atoms with van der Waals surface area (Å²) in [5.74, 6) is 1.91. The van der Waals surface area contributed by atoms with Crippen molar-refractivity contribution in [2.24, 2.45) is 11.8 Å². The molecule has 58 valence electrons. The van der Waals surface area contributed by atoms with Crippen LogP contribution in [0.2, 0.25) is 0 Å². The fourth-order valence-corrected chi connectivity index (χ4v) is 2.59. The average Bonchev–Trinajstić information content (AvgIpc) is 1.87. The highest BCUT2D eigenvalue weighted by molar-refractivity contribution is 5.00. The zero-order valence-electron chi connectivity index (χ0n) is 6.80. The van der Waals surface area contributed by atoms with Crippen LogP contribution in [0, 0.1) is 11.8 Å². The van der Waals surface area contributed by atoms with E-state index >= 15 is 0 Å². The maximum Gasteiger partial charge on any atom is 0.0145 e. The second-order valence-corrected chi connectivity index (χ2v) is 3.79. The normalized spacial score (nSPS) is 46.8. The Morgan fingerprint density at radius 3 is 2.40 bits per heavy atom. The summed E-state index contributed by atoms with van der Waals surface area (Å²) in [5.41, 5.74) is 0. The number of hydrogen-bond donors (Lipinski definition) is 1. The van der Waals surface area contributed by atoms with Gasteiger partial charge in [-0.15, -0.1) is 0 Å². The van der Waals surface area contributed by atoms with Crippen LogP contribution in [0.5, 0.6) is 0 Å². The second kappa shape index (κ2) is 2.21. The molecule has 3 rings (SSSR count). The largest absolute Gasteiger partial charge is 0.316 e.